The molecule has 1 aromatic rings. The Bertz CT molecular complexity index is 572. The number of benzene rings is 1. The summed E-state index contributed by atoms with van der Waals surface area (Å²) in [5.41, 5.74) is 3.63. The van der Waals surface area contributed by atoms with Crippen molar-refractivity contribution in [3.8, 4) is 0 Å². The van der Waals surface area contributed by atoms with Gasteiger partial charge in [-0.3, -0.25) is 0 Å². The highest BCUT2D eigenvalue weighted by Gasteiger charge is 2.41. The van der Waals surface area contributed by atoms with Gasteiger partial charge in [-0.1, -0.05) is 19.1 Å². The zero-order valence-corrected chi connectivity index (χ0v) is 16.1. The first-order valence-corrected chi connectivity index (χ1v) is 9.98. The SMILES string of the molecule is CCC[NH+]1[C@@H]2CCC[C@H]1CC(NC(=S)Nc1cc(C)ccc1C)C2. The topological polar surface area (TPSA) is 28.5 Å². The molecule has 3 N–H and O–H groups in total. The summed E-state index contributed by atoms with van der Waals surface area (Å²) in [4.78, 5) is 1.87. The summed E-state index contributed by atoms with van der Waals surface area (Å²) in [6.45, 7) is 7.90. The molecule has 2 unspecified atom stereocenters. The molecule has 24 heavy (non-hydrogen) atoms. The van der Waals surface area contributed by atoms with Gasteiger partial charge in [-0.15, -0.1) is 0 Å². The fourth-order valence-electron chi connectivity index (χ4n) is 4.67. The predicted octanol–water partition coefficient (Wildman–Crippen LogP) is 2.97. The Balaban J connectivity index is 1.58. The fraction of sp³-hybridized carbons (Fsp3) is 0.650. The lowest BCUT2D eigenvalue weighted by molar-refractivity contribution is -0.961. The van der Waals surface area contributed by atoms with Crippen molar-refractivity contribution in [2.45, 2.75) is 77.4 Å². The zero-order chi connectivity index (χ0) is 17.1. The maximum atomic E-state index is 5.60. The van der Waals surface area contributed by atoms with E-state index in [1.807, 2.05) is 4.90 Å². The Morgan fingerprint density at radius 3 is 2.58 bits per heavy atom. The number of quaternary nitrogens is 1. The van der Waals surface area contributed by atoms with Crippen molar-refractivity contribution in [1.29, 1.82) is 0 Å². The van der Waals surface area contributed by atoms with Crippen LogP contribution in [-0.4, -0.2) is 29.8 Å². The van der Waals surface area contributed by atoms with Crippen LogP contribution in [0, 0.1) is 13.8 Å². The fourth-order valence-corrected chi connectivity index (χ4v) is 4.94. The summed E-state index contributed by atoms with van der Waals surface area (Å²) in [6.07, 6.45) is 8.02. The summed E-state index contributed by atoms with van der Waals surface area (Å²) >= 11 is 5.60. The first-order chi connectivity index (χ1) is 11.6. The van der Waals surface area contributed by atoms with E-state index in [0.717, 1.165) is 22.9 Å². The van der Waals surface area contributed by atoms with Gasteiger partial charge >= 0.3 is 0 Å². The van der Waals surface area contributed by atoms with Gasteiger partial charge in [-0.25, -0.2) is 0 Å². The second-order valence-electron chi connectivity index (χ2n) is 7.73. The third kappa shape index (κ3) is 4.09. The molecular weight excluding hydrogens is 314 g/mol. The van der Waals surface area contributed by atoms with Crippen molar-refractivity contribution < 1.29 is 4.90 Å². The lowest BCUT2D eigenvalue weighted by Gasteiger charge is -2.46. The third-order valence-electron chi connectivity index (χ3n) is 5.81. The molecule has 2 fully saturated rings. The average molecular weight is 347 g/mol. The van der Waals surface area contributed by atoms with E-state index < -0.39 is 0 Å². The number of rotatable bonds is 4. The molecule has 0 amide bonds. The van der Waals surface area contributed by atoms with E-state index in [-0.39, 0.29) is 0 Å². The standard InChI is InChI=1S/C20H31N3S/c1-4-10-23-17-6-5-7-18(23)13-16(12-17)21-20(24)22-19-11-14(2)8-9-15(19)3/h8-9,11,16-18H,4-7,10,12-13H2,1-3H3,(H2,21,22,24)/p+1/t16?,17-,18+. The second-order valence-corrected chi connectivity index (χ2v) is 8.14. The van der Waals surface area contributed by atoms with Gasteiger partial charge in [0.1, 0.15) is 0 Å². The number of hydrogen-bond acceptors (Lipinski definition) is 1. The molecule has 2 aliphatic heterocycles. The molecule has 2 saturated heterocycles. The Morgan fingerprint density at radius 2 is 1.92 bits per heavy atom. The van der Waals surface area contributed by atoms with Crippen LogP contribution >= 0.6 is 12.2 Å². The van der Waals surface area contributed by atoms with Crippen molar-refractivity contribution >= 4 is 23.0 Å². The first kappa shape index (κ1) is 17.7. The molecule has 4 atom stereocenters. The number of anilines is 1. The molecule has 0 spiro atoms. The molecule has 1 aromatic carbocycles. The van der Waals surface area contributed by atoms with E-state index >= 15 is 0 Å². The van der Waals surface area contributed by atoms with E-state index in [1.165, 1.54) is 56.2 Å². The number of nitrogens with one attached hydrogen (secondary N) is 3. The molecule has 0 aliphatic carbocycles. The second kappa shape index (κ2) is 7.83. The Hall–Kier alpha value is -1.13. The summed E-state index contributed by atoms with van der Waals surface area (Å²) in [6, 6.07) is 8.66. The molecule has 2 aliphatic rings. The van der Waals surface area contributed by atoms with Crippen LogP contribution in [0.3, 0.4) is 0 Å². The van der Waals surface area contributed by atoms with Crippen LogP contribution in [0.25, 0.3) is 0 Å². The summed E-state index contributed by atoms with van der Waals surface area (Å²) in [5.74, 6) is 0. The van der Waals surface area contributed by atoms with Gasteiger partial charge in [-0.05, 0) is 68.9 Å². The smallest absolute Gasteiger partial charge is 0.171 e. The van der Waals surface area contributed by atoms with Crippen LogP contribution in [-0.2, 0) is 0 Å². The zero-order valence-electron chi connectivity index (χ0n) is 15.3. The van der Waals surface area contributed by atoms with Crippen LogP contribution in [0.1, 0.15) is 56.6 Å². The van der Waals surface area contributed by atoms with Crippen molar-refractivity contribution in [3.05, 3.63) is 29.3 Å². The molecule has 2 bridgehead atoms. The molecule has 4 heteroatoms. The quantitative estimate of drug-likeness (QED) is 0.732. The van der Waals surface area contributed by atoms with Crippen LogP contribution in [0.5, 0.6) is 0 Å². The average Bonchev–Trinajstić information content (AvgIpc) is 2.52. The van der Waals surface area contributed by atoms with E-state index in [2.05, 4.69) is 49.6 Å². The Morgan fingerprint density at radius 1 is 1.21 bits per heavy atom. The minimum Gasteiger partial charge on any atom is -0.359 e. The predicted molar refractivity (Wildman–Crippen MR) is 106 cm³/mol. The van der Waals surface area contributed by atoms with Gasteiger partial charge in [-0.2, -0.15) is 0 Å². The number of fused-ring (bicyclic) bond motifs is 2. The molecule has 0 aromatic heterocycles. The van der Waals surface area contributed by atoms with Crippen molar-refractivity contribution in [2.75, 3.05) is 11.9 Å². The minimum absolute atomic E-state index is 0.533. The molecule has 132 valence electrons. The van der Waals surface area contributed by atoms with Gasteiger partial charge in [0, 0.05) is 24.6 Å². The third-order valence-corrected chi connectivity index (χ3v) is 6.03. The highest BCUT2D eigenvalue weighted by molar-refractivity contribution is 7.80. The van der Waals surface area contributed by atoms with Crippen molar-refractivity contribution in [3.63, 3.8) is 0 Å². The number of thiocarbonyl (C=S) groups is 1. The van der Waals surface area contributed by atoms with Gasteiger partial charge in [0.25, 0.3) is 0 Å². The van der Waals surface area contributed by atoms with E-state index in [9.17, 15) is 0 Å². The maximum Gasteiger partial charge on any atom is 0.171 e. The van der Waals surface area contributed by atoms with Gasteiger partial charge in [0.15, 0.2) is 5.11 Å². The van der Waals surface area contributed by atoms with Crippen LogP contribution in [0.4, 0.5) is 5.69 Å². The molecule has 0 radical (unpaired) electrons. The summed E-state index contributed by atoms with van der Waals surface area (Å²) in [5, 5.41) is 7.81. The van der Waals surface area contributed by atoms with Gasteiger partial charge in [0.2, 0.25) is 0 Å². The minimum atomic E-state index is 0.533. The van der Waals surface area contributed by atoms with E-state index in [0.29, 0.717) is 6.04 Å². The number of hydrogen-bond donors (Lipinski definition) is 3. The van der Waals surface area contributed by atoms with Crippen LogP contribution in [0.2, 0.25) is 0 Å². The van der Waals surface area contributed by atoms with Crippen molar-refractivity contribution in [1.82, 2.24) is 5.32 Å². The van der Waals surface area contributed by atoms with Gasteiger partial charge < -0.3 is 15.5 Å². The molecular formula is C20H32N3S+. The van der Waals surface area contributed by atoms with Crippen LogP contribution < -0.4 is 15.5 Å². The largest absolute Gasteiger partial charge is 0.359 e. The normalized spacial score (nSPS) is 29.1. The van der Waals surface area contributed by atoms with Gasteiger partial charge in [0.05, 0.1) is 18.6 Å². The lowest BCUT2D eigenvalue weighted by Crippen LogP contribution is -3.21. The number of aryl methyl sites for hydroxylation is 2. The monoisotopic (exact) mass is 346 g/mol. The highest BCUT2D eigenvalue weighted by atomic mass is 32.1. The summed E-state index contributed by atoms with van der Waals surface area (Å²) in [7, 11) is 0. The summed E-state index contributed by atoms with van der Waals surface area (Å²) < 4.78 is 0. The van der Waals surface area contributed by atoms with E-state index in [1.54, 1.807) is 0 Å². The molecule has 2 heterocycles. The van der Waals surface area contributed by atoms with Crippen molar-refractivity contribution in [2.24, 2.45) is 0 Å². The molecule has 0 saturated carbocycles. The van der Waals surface area contributed by atoms with E-state index in [4.69, 9.17) is 12.2 Å². The first-order valence-electron chi connectivity index (χ1n) is 9.57. The lowest BCUT2D eigenvalue weighted by atomic mass is 9.81. The van der Waals surface area contributed by atoms with Crippen LogP contribution in [0.15, 0.2) is 18.2 Å². The highest BCUT2D eigenvalue weighted by Crippen LogP contribution is 2.23. The molecule has 3 rings (SSSR count). The maximum absolute atomic E-state index is 5.60. The molecule has 3 nitrogen and oxygen atoms in total. The number of piperidine rings is 2. The Labute approximate surface area is 152 Å². The Kier molecular flexibility index (Phi) is 5.77.